The molecule has 6 nitrogen and oxygen atoms in total. The zero-order valence-electron chi connectivity index (χ0n) is 11.3. The molecule has 0 aliphatic heterocycles. The van der Waals surface area contributed by atoms with Crippen molar-refractivity contribution in [1.82, 2.24) is 20.0 Å². The number of carbonyl (C=O) groups excluding carboxylic acids is 1. The fraction of sp³-hybridized carbons (Fsp3) is 0.214. The number of carbonyl (C=O) groups is 1. The van der Waals surface area contributed by atoms with Gasteiger partial charge in [0.25, 0.3) is 0 Å². The van der Waals surface area contributed by atoms with E-state index in [4.69, 9.17) is 4.74 Å². The third kappa shape index (κ3) is 2.05. The van der Waals surface area contributed by atoms with Crippen molar-refractivity contribution in [2.24, 2.45) is 7.05 Å². The first-order chi connectivity index (χ1) is 9.69. The topological polar surface area (TPSA) is 72.8 Å². The van der Waals surface area contributed by atoms with E-state index in [1.807, 2.05) is 29.9 Å². The molecule has 1 N–H and O–H groups in total. The molecule has 0 saturated carbocycles. The van der Waals surface area contributed by atoms with Crippen molar-refractivity contribution in [2.75, 3.05) is 6.61 Å². The molecule has 0 aliphatic carbocycles. The Morgan fingerprint density at radius 2 is 2.25 bits per heavy atom. The monoisotopic (exact) mass is 270 g/mol. The number of H-pyrrole nitrogens is 1. The smallest absolute Gasteiger partial charge is 0.356 e. The maximum absolute atomic E-state index is 11.6. The van der Waals surface area contributed by atoms with Gasteiger partial charge in [-0.25, -0.2) is 4.79 Å². The van der Waals surface area contributed by atoms with Crippen molar-refractivity contribution < 1.29 is 9.53 Å². The zero-order valence-corrected chi connectivity index (χ0v) is 11.3. The summed E-state index contributed by atoms with van der Waals surface area (Å²) in [6.07, 6.45) is 1.80. The third-order valence-electron chi connectivity index (χ3n) is 3.12. The third-order valence-corrected chi connectivity index (χ3v) is 3.12. The van der Waals surface area contributed by atoms with Crippen LogP contribution in [-0.2, 0) is 11.8 Å². The van der Waals surface area contributed by atoms with Gasteiger partial charge in [0.2, 0.25) is 0 Å². The van der Waals surface area contributed by atoms with E-state index in [0.717, 1.165) is 16.5 Å². The maximum atomic E-state index is 11.6. The molecule has 0 bridgehead atoms. The molecule has 0 unspecified atom stereocenters. The molecule has 102 valence electrons. The van der Waals surface area contributed by atoms with E-state index < -0.39 is 5.97 Å². The molecule has 2 heterocycles. The summed E-state index contributed by atoms with van der Waals surface area (Å²) in [5, 5.41) is 12.1. The number of nitrogens with one attached hydrogen (secondary N) is 1. The van der Waals surface area contributed by atoms with E-state index in [9.17, 15) is 4.79 Å². The van der Waals surface area contributed by atoms with Crippen LogP contribution >= 0.6 is 0 Å². The van der Waals surface area contributed by atoms with Gasteiger partial charge in [0, 0.05) is 18.0 Å². The van der Waals surface area contributed by atoms with E-state index in [0.29, 0.717) is 18.0 Å². The van der Waals surface area contributed by atoms with Crippen LogP contribution in [0.5, 0.6) is 0 Å². The Kier molecular flexibility index (Phi) is 2.98. The average molecular weight is 270 g/mol. The van der Waals surface area contributed by atoms with Crippen LogP contribution < -0.4 is 0 Å². The van der Waals surface area contributed by atoms with Gasteiger partial charge in [0.1, 0.15) is 5.69 Å². The van der Waals surface area contributed by atoms with Crippen molar-refractivity contribution in [3.63, 3.8) is 0 Å². The minimum absolute atomic E-state index is 0.342. The highest BCUT2D eigenvalue weighted by atomic mass is 16.5. The van der Waals surface area contributed by atoms with Gasteiger partial charge in [0.15, 0.2) is 0 Å². The second kappa shape index (κ2) is 4.80. The number of aromatic amines is 1. The summed E-state index contributed by atoms with van der Waals surface area (Å²) in [6, 6.07) is 7.62. The molecule has 0 atom stereocenters. The van der Waals surface area contributed by atoms with E-state index in [1.165, 1.54) is 0 Å². The normalized spacial score (nSPS) is 10.9. The van der Waals surface area contributed by atoms with Crippen LogP contribution in [0.4, 0.5) is 0 Å². The number of aryl methyl sites for hydroxylation is 1. The number of ether oxygens (including phenoxy) is 1. The Morgan fingerprint density at radius 3 is 3.05 bits per heavy atom. The first-order valence-corrected chi connectivity index (χ1v) is 6.33. The number of rotatable bonds is 3. The van der Waals surface area contributed by atoms with Crippen LogP contribution in [0.2, 0.25) is 0 Å². The molecular formula is C14H14N4O2. The Hall–Kier alpha value is -2.63. The lowest BCUT2D eigenvalue weighted by Crippen LogP contribution is -2.04. The van der Waals surface area contributed by atoms with Crippen LogP contribution in [0.3, 0.4) is 0 Å². The standard InChI is InChI=1S/C14H14N4O2/c1-3-20-14(19)12-7-11(16-17-12)9-4-5-13-10(6-9)8-15-18(13)2/h4-8H,3H2,1-2H3,(H,16,17). The molecule has 0 amide bonds. The molecule has 2 aromatic heterocycles. The van der Waals surface area contributed by atoms with Crippen LogP contribution in [0, 0.1) is 0 Å². The number of esters is 1. The molecule has 6 heteroatoms. The summed E-state index contributed by atoms with van der Waals surface area (Å²) >= 11 is 0. The Morgan fingerprint density at radius 1 is 1.40 bits per heavy atom. The summed E-state index contributed by atoms with van der Waals surface area (Å²) in [4.78, 5) is 11.6. The minimum Gasteiger partial charge on any atom is -0.461 e. The first kappa shape index (κ1) is 12.4. The Labute approximate surface area is 115 Å². The molecule has 0 fully saturated rings. The number of hydrogen-bond donors (Lipinski definition) is 1. The number of benzene rings is 1. The van der Waals surface area contributed by atoms with Crippen molar-refractivity contribution in [3.05, 3.63) is 36.2 Å². The Bertz CT molecular complexity index is 772. The van der Waals surface area contributed by atoms with Crippen LogP contribution in [-0.4, -0.2) is 32.6 Å². The fourth-order valence-corrected chi connectivity index (χ4v) is 2.11. The second-order valence-corrected chi connectivity index (χ2v) is 4.43. The number of fused-ring (bicyclic) bond motifs is 1. The first-order valence-electron chi connectivity index (χ1n) is 6.33. The molecule has 0 saturated heterocycles. The second-order valence-electron chi connectivity index (χ2n) is 4.43. The van der Waals surface area contributed by atoms with Gasteiger partial charge in [0.05, 0.1) is 24.0 Å². The van der Waals surface area contributed by atoms with E-state index >= 15 is 0 Å². The van der Waals surface area contributed by atoms with Gasteiger partial charge in [-0.1, -0.05) is 6.07 Å². The van der Waals surface area contributed by atoms with Crippen molar-refractivity contribution in [1.29, 1.82) is 0 Å². The summed E-state index contributed by atoms with van der Waals surface area (Å²) < 4.78 is 6.74. The number of hydrogen-bond acceptors (Lipinski definition) is 4. The quantitative estimate of drug-likeness (QED) is 0.740. The largest absolute Gasteiger partial charge is 0.461 e. The SMILES string of the molecule is CCOC(=O)c1cc(-c2ccc3c(cnn3C)c2)n[nH]1. The highest BCUT2D eigenvalue weighted by Gasteiger charge is 2.12. The van der Waals surface area contributed by atoms with Crippen LogP contribution in [0.25, 0.3) is 22.2 Å². The minimum atomic E-state index is -0.395. The lowest BCUT2D eigenvalue weighted by molar-refractivity contribution is 0.0519. The molecule has 1 aromatic carbocycles. The zero-order chi connectivity index (χ0) is 14.1. The van der Waals surface area contributed by atoms with Gasteiger partial charge < -0.3 is 4.74 Å². The van der Waals surface area contributed by atoms with Gasteiger partial charge in [-0.15, -0.1) is 0 Å². The molecule has 3 aromatic rings. The van der Waals surface area contributed by atoms with Crippen LogP contribution in [0.1, 0.15) is 17.4 Å². The van der Waals surface area contributed by atoms with Crippen LogP contribution in [0.15, 0.2) is 30.5 Å². The van der Waals surface area contributed by atoms with Gasteiger partial charge in [-0.05, 0) is 25.1 Å². The predicted octanol–water partition coefficient (Wildman–Crippen LogP) is 2.14. The molecule has 0 radical (unpaired) electrons. The molecule has 3 rings (SSSR count). The number of aromatic nitrogens is 4. The van der Waals surface area contributed by atoms with Gasteiger partial charge >= 0.3 is 5.97 Å². The van der Waals surface area contributed by atoms with Gasteiger partial charge in [-0.2, -0.15) is 10.2 Å². The summed E-state index contributed by atoms with van der Waals surface area (Å²) in [7, 11) is 1.90. The summed E-state index contributed by atoms with van der Waals surface area (Å²) in [5.74, 6) is -0.395. The van der Waals surface area contributed by atoms with E-state index in [1.54, 1.807) is 19.2 Å². The Balaban J connectivity index is 1.96. The van der Waals surface area contributed by atoms with Crippen molar-refractivity contribution in [2.45, 2.75) is 6.92 Å². The fourth-order valence-electron chi connectivity index (χ4n) is 2.11. The molecule has 0 spiro atoms. The molecule has 0 aliphatic rings. The highest BCUT2D eigenvalue weighted by molar-refractivity contribution is 5.89. The van der Waals surface area contributed by atoms with Crippen molar-refractivity contribution >= 4 is 16.9 Å². The summed E-state index contributed by atoms with van der Waals surface area (Å²) in [6.45, 7) is 2.11. The van der Waals surface area contributed by atoms with E-state index in [2.05, 4.69) is 15.3 Å². The van der Waals surface area contributed by atoms with Gasteiger partial charge in [-0.3, -0.25) is 9.78 Å². The molecule has 20 heavy (non-hydrogen) atoms. The highest BCUT2D eigenvalue weighted by Crippen LogP contribution is 2.23. The molecular weight excluding hydrogens is 256 g/mol. The predicted molar refractivity (Wildman–Crippen MR) is 74.3 cm³/mol. The average Bonchev–Trinajstić information content (AvgIpc) is 3.06. The van der Waals surface area contributed by atoms with Crippen molar-refractivity contribution in [3.8, 4) is 11.3 Å². The summed E-state index contributed by atoms with van der Waals surface area (Å²) in [5.41, 5.74) is 3.04. The van der Waals surface area contributed by atoms with E-state index in [-0.39, 0.29) is 0 Å². The maximum Gasteiger partial charge on any atom is 0.356 e. The lowest BCUT2D eigenvalue weighted by atomic mass is 10.1. The number of nitrogens with zero attached hydrogens (tertiary/aromatic N) is 3. The lowest BCUT2D eigenvalue weighted by Gasteiger charge is -1.98.